The van der Waals surface area contributed by atoms with Crippen LogP contribution in [0.25, 0.3) is 0 Å². The fourth-order valence-electron chi connectivity index (χ4n) is 2.81. The highest BCUT2D eigenvalue weighted by atomic mass is 16.6. The Kier molecular flexibility index (Phi) is 2.70. The molecule has 0 spiro atoms. The van der Waals surface area contributed by atoms with E-state index in [0.29, 0.717) is 32.2 Å². The van der Waals surface area contributed by atoms with E-state index in [-0.39, 0.29) is 11.4 Å². The molecule has 5 nitrogen and oxygen atoms in total. The van der Waals surface area contributed by atoms with Crippen molar-refractivity contribution in [2.24, 2.45) is 11.1 Å². The summed E-state index contributed by atoms with van der Waals surface area (Å²) >= 11 is 0. The SMILES string of the molecule is NCC[C@]12CC(=O)O[C@H](C1)[C@@H](O)[C@@H](O)C2. The van der Waals surface area contributed by atoms with Crippen LogP contribution < -0.4 is 5.73 Å². The first-order valence-corrected chi connectivity index (χ1v) is 5.32. The van der Waals surface area contributed by atoms with Crippen molar-refractivity contribution in [1.29, 1.82) is 0 Å². The molecule has 0 aromatic carbocycles. The molecule has 1 aliphatic heterocycles. The first-order valence-electron chi connectivity index (χ1n) is 5.32. The molecule has 15 heavy (non-hydrogen) atoms. The van der Waals surface area contributed by atoms with Crippen LogP contribution in [0.3, 0.4) is 0 Å². The van der Waals surface area contributed by atoms with Crippen molar-refractivity contribution in [2.75, 3.05) is 6.54 Å². The van der Waals surface area contributed by atoms with E-state index in [1.807, 2.05) is 0 Å². The Labute approximate surface area is 88.2 Å². The molecule has 1 saturated heterocycles. The van der Waals surface area contributed by atoms with Gasteiger partial charge in [-0.25, -0.2) is 0 Å². The molecule has 1 aliphatic carbocycles. The third kappa shape index (κ3) is 1.87. The van der Waals surface area contributed by atoms with Gasteiger partial charge < -0.3 is 20.7 Å². The maximum atomic E-state index is 11.4. The van der Waals surface area contributed by atoms with Crippen LogP contribution in [-0.2, 0) is 9.53 Å². The minimum Gasteiger partial charge on any atom is -0.459 e. The van der Waals surface area contributed by atoms with Gasteiger partial charge in [-0.15, -0.1) is 0 Å². The molecule has 2 bridgehead atoms. The highest BCUT2D eigenvalue weighted by Gasteiger charge is 2.50. The van der Waals surface area contributed by atoms with E-state index in [1.165, 1.54) is 0 Å². The van der Waals surface area contributed by atoms with E-state index in [4.69, 9.17) is 10.5 Å². The predicted molar refractivity (Wildman–Crippen MR) is 51.8 cm³/mol. The van der Waals surface area contributed by atoms with Gasteiger partial charge in [0.2, 0.25) is 0 Å². The van der Waals surface area contributed by atoms with Gasteiger partial charge >= 0.3 is 5.97 Å². The quantitative estimate of drug-likeness (QED) is 0.522. The zero-order chi connectivity index (χ0) is 11.1. The molecular weight excluding hydrogens is 198 g/mol. The summed E-state index contributed by atoms with van der Waals surface area (Å²) in [7, 11) is 0. The minimum absolute atomic E-state index is 0.257. The summed E-state index contributed by atoms with van der Waals surface area (Å²) < 4.78 is 5.02. The Morgan fingerprint density at radius 1 is 1.47 bits per heavy atom. The van der Waals surface area contributed by atoms with Crippen molar-refractivity contribution in [1.82, 2.24) is 0 Å². The number of aliphatic hydroxyl groups is 2. The first-order chi connectivity index (χ1) is 7.06. The molecule has 0 aromatic rings. The summed E-state index contributed by atoms with van der Waals surface area (Å²) in [5.74, 6) is -0.286. The van der Waals surface area contributed by atoms with Crippen molar-refractivity contribution in [3.05, 3.63) is 0 Å². The lowest BCUT2D eigenvalue weighted by atomic mass is 9.65. The lowest BCUT2D eigenvalue weighted by Gasteiger charge is -2.48. The Balaban J connectivity index is 2.19. The summed E-state index contributed by atoms with van der Waals surface area (Å²) in [6.45, 7) is 0.489. The number of aliphatic hydroxyl groups excluding tert-OH is 2. The second-order valence-electron chi connectivity index (χ2n) is 4.71. The summed E-state index contributed by atoms with van der Waals surface area (Å²) in [6.07, 6.45) is -0.233. The Morgan fingerprint density at radius 3 is 2.87 bits per heavy atom. The van der Waals surface area contributed by atoms with Crippen LogP contribution >= 0.6 is 0 Å². The van der Waals surface area contributed by atoms with E-state index in [2.05, 4.69) is 0 Å². The molecule has 0 aromatic heterocycles. The summed E-state index contributed by atoms with van der Waals surface area (Å²) in [4.78, 5) is 11.4. The van der Waals surface area contributed by atoms with E-state index < -0.39 is 18.3 Å². The molecule has 0 radical (unpaired) electrons. The van der Waals surface area contributed by atoms with Gasteiger partial charge in [0.05, 0.1) is 12.5 Å². The van der Waals surface area contributed by atoms with Gasteiger partial charge in [-0.1, -0.05) is 0 Å². The number of hydrogen-bond donors (Lipinski definition) is 3. The molecule has 2 aliphatic rings. The molecule has 2 fully saturated rings. The van der Waals surface area contributed by atoms with Gasteiger partial charge in [-0.2, -0.15) is 0 Å². The lowest BCUT2D eigenvalue weighted by Crippen LogP contribution is -2.55. The van der Waals surface area contributed by atoms with Gasteiger partial charge in [-0.3, -0.25) is 4.79 Å². The summed E-state index contributed by atoms with van der Waals surface area (Å²) in [5.41, 5.74) is 5.26. The third-order valence-corrected chi connectivity index (χ3v) is 3.53. The highest BCUT2D eigenvalue weighted by molar-refractivity contribution is 5.71. The molecule has 86 valence electrons. The van der Waals surface area contributed by atoms with Gasteiger partial charge in [0.15, 0.2) is 0 Å². The Morgan fingerprint density at radius 2 is 2.20 bits per heavy atom. The van der Waals surface area contributed by atoms with Gasteiger partial charge in [0.25, 0.3) is 0 Å². The number of fused-ring (bicyclic) bond motifs is 2. The van der Waals surface area contributed by atoms with Gasteiger partial charge in [0.1, 0.15) is 12.2 Å². The Hall–Kier alpha value is -0.650. The number of esters is 1. The molecule has 1 saturated carbocycles. The minimum atomic E-state index is -0.944. The van der Waals surface area contributed by atoms with E-state index in [1.54, 1.807) is 0 Å². The summed E-state index contributed by atoms with van der Waals surface area (Å²) in [5, 5.41) is 19.3. The number of nitrogens with two attached hydrogens (primary N) is 1. The average molecular weight is 215 g/mol. The van der Waals surface area contributed by atoms with Crippen molar-refractivity contribution in [3.8, 4) is 0 Å². The van der Waals surface area contributed by atoms with Crippen molar-refractivity contribution < 1.29 is 19.7 Å². The maximum Gasteiger partial charge on any atom is 0.306 e. The summed E-state index contributed by atoms with van der Waals surface area (Å²) in [6, 6.07) is 0. The van der Waals surface area contributed by atoms with Crippen LogP contribution in [0.15, 0.2) is 0 Å². The van der Waals surface area contributed by atoms with E-state index >= 15 is 0 Å². The molecule has 4 atom stereocenters. The second kappa shape index (κ2) is 3.73. The second-order valence-corrected chi connectivity index (χ2v) is 4.71. The van der Waals surface area contributed by atoms with Gasteiger partial charge in [-0.05, 0) is 31.2 Å². The molecule has 5 heteroatoms. The fourth-order valence-corrected chi connectivity index (χ4v) is 2.81. The maximum absolute atomic E-state index is 11.4. The molecule has 2 rings (SSSR count). The van der Waals surface area contributed by atoms with Crippen LogP contribution in [0.4, 0.5) is 0 Å². The monoisotopic (exact) mass is 215 g/mol. The number of carbonyl (C=O) groups excluding carboxylic acids is 1. The van der Waals surface area contributed by atoms with Crippen LogP contribution in [0.1, 0.15) is 25.7 Å². The van der Waals surface area contributed by atoms with Crippen molar-refractivity contribution in [2.45, 2.75) is 44.0 Å². The standard InChI is InChI=1S/C10H17NO4/c11-2-1-10-3-6(12)9(14)7(4-10)15-8(13)5-10/h6-7,9,12,14H,1-5,11H2/t6-,7+,9-,10+/m0/s1. The average Bonchev–Trinajstić information content (AvgIpc) is 2.13. The van der Waals surface area contributed by atoms with Crippen LogP contribution in [-0.4, -0.2) is 41.0 Å². The molecule has 0 unspecified atom stereocenters. The largest absolute Gasteiger partial charge is 0.459 e. The topological polar surface area (TPSA) is 92.8 Å². The van der Waals surface area contributed by atoms with Crippen LogP contribution in [0.5, 0.6) is 0 Å². The number of carbonyl (C=O) groups is 1. The van der Waals surface area contributed by atoms with Gasteiger partial charge in [0, 0.05) is 0 Å². The van der Waals surface area contributed by atoms with E-state index in [0.717, 1.165) is 0 Å². The fraction of sp³-hybridized carbons (Fsp3) is 0.900. The zero-order valence-corrected chi connectivity index (χ0v) is 8.56. The highest BCUT2D eigenvalue weighted by Crippen LogP contribution is 2.46. The lowest BCUT2D eigenvalue weighted by molar-refractivity contribution is -0.197. The number of hydrogen-bond acceptors (Lipinski definition) is 5. The Bertz CT molecular complexity index is 266. The number of rotatable bonds is 2. The predicted octanol–water partition coefficient (Wildman–Crippen LogP) is -0.847. The number of ether oxygens (including phenoxy) is 1. The van der Waals surface area contributed by atoms with Crippen LogP contribution in [0, 0.1) is 5.41 Å². The zero-order valence-electron chi connectivity index (χ0n) is 8.56. The molecule has 1 heterocycles. The van der Waals surface area contributed by atoms with Crippen molar-refractivity contribution in [3.63, 3.8) is 0 Å². The molecular formula is C10H17NO4. The normalized spacial score (nSPS) is 45.0. The molecule has 0 amide bonds. The van der Waals surface area contributed by atoms with Crippen LogP contribution in [0.2, 0.25) is 0 Å². The van der Waals surface area contributed by atoms with E-state index in [9.17, 15) is 15.0 Å². The smallest absolute Gasteiger partial charge is 0.306 e. The third-order valence-electron chi connectivity index (χ3n) is 3.53. The first kappa shape index (κ1) is 10.9. The molecule has 4 N–H and O–H groups in total. The van der Waals surface area contributed by atoms with Crippen molar-refractivity contribution >= 4 is 5.97 Å².